The molecule has 2 aliphatic carbocycles. The third-order valence-corrected chi connectivity index (χ3v) is 9.01. The smallest absolute Gasteiger partial charge is 0.332 e. The number of benzene rings is 1. The molecule has 3 N–H and O–H groups in total. The number of aliphatic hydroxyl groups is 2. The van der Waals surface area contributed by atoms with Gasteiger partial charge in [-0.25, -0.2) is 13.2 Å². The van der Waals surface area contributed by atoms with Gasteiger partial charge in [0, 0.05) is 11.4 Å². The molecule has 1 heterocycles. The Morgan fingerprint density at radius 3 is 2.40 bits per heavy atom. The first-order valence-corrected chi connectivity index (χ1v) is 11.7. The quantitative estimate of drug-likeness (QED) is 0.603. The summed E-state index contributed by atoms with van der Waals surface area (Å²) in [4.78, 5) is 12.0. The van der Waals surface area contributed by atoms with Crippen molar-refractivity contribution in [2.75, 3.05) is 13.2 Å². The number of rotatable bonds is 5. The number of halogens is 1. The molecule has 8 nitrogen and oxygen atoms in total. The zero-order chi connectivity index (χ0) is 21.7. The van der Waals surface area contributed by atoms with Gasteiger partial charge in [0.1, 0.15) is 12.2 Å². The second-order valence-corrected chi connectivity index (χ2v) is 10.6. The van der Waals surface area contributed by atoms with Crippen LogP contribution in [-0.4, -0.2) is 66.2 Å². The van der Waals surface area contributed by atoms with Crippen LogP contribution < -0.4 is 0 Å². The van der Waals surface area contributed by atoms with E-state index in [4.69, 9.17) is 21.1 Å². The molecule has 1 fully saturated rings. The number of hydrogen-bond acceptors (Lipinski definition) is 7. The highest BCUT2D eigenvalue weighted by Gasteiger charge is 2.52. The number of carbonyl (C=O) groups is 1. The Kier molecular flexibility index (Phi) is 5.71. The number of aliphatic carboxylic acids is 1. The maximum Gasteiger partial charge on any atom is 0.332 e. The molecule has 1 aliphatic heterocycles. The zero-order valence-corrected chi connectivity index (χ0v) is 17.6. The lowest BCUT2D eigenvalue weighted by molar-refractivity contribution is -0.153. The predicted molar refractivity (Wildman–Crippen MR) is 107 cm³/mol. The van der Waals surface area contributed by atoms with E-state index in [-0.39, 0.29) is 18.4 Å². The van der Waals surface area contributed by atoms with Crippen molar-refractivity contribution in [3.05, 3.63) is 46.0 Å². The molecule has 0 unspecified atom stereocenters. The van der Waals surface area contributed by atoms with Crippen molar-refractivity contribution in [2.24, 2.45) is 0 Å². The fourth-order valence-electron chi connectivity index (χ4n) is 4.74. The van der Waals surface area contributed by atoms with Crippen LogP contribution >= 0.6 is 11.6 Å². The zero-order valence-electron chi connectivity index (χ0n) is 16.0. The monoisotopic (exact) mass is 458 g/mol. The van der Waals surface area contributed by atoms with Crippen LogP contribution in [0.15, 0.2) is 29.8 Å². The minimum absolute atomic E-state index is 0.0208. The average molecular weight is 459 g/mol. The third-order valence-electron chi connectivity index (χ3n) is 6.13. The molecule has 3 aliphatic rings. The summed E-state index contributed by atoms with van der Waals surface area (Å²) in [5, 5.41) is 26.9. The maximum absolute atomic E-state index is 13.5. The molecule has 0 radical (unpaired) electrons. The van der Waals surface area contributed by atoms with E-state index in [9.17, 15) is 28.5 Å². The topological polar surface area (TPSA) is 130 Å². The fourth-order valence-corrected chi connectivity index (χ4v) is 7.55. The maximum atomic E-state index is 13.5. The summed E-state index contributed by atoms with van der Waals surface area (Å²) in [6.07, 6.45) is 0.509. The predicted octanol–water partition coefficient (Wildman–Crippen LogP) is 1.38. The van der Waals surface area contributed by atoms with E-state index in [1.54, 1.807) is 12.1 Å². The van der Waals surface area contributed by atoms with Gasteiger partial charge in [-0.1, -0.05) is 23.7 Å². The first kappa shape index (κ1) is 21.7. The molecule has 0 bridgehead atoms. The van der Waals surface area contributed by atoms with Crippen LogP contribution in [0, 0.1) is 0 Å². The Labute approximate surface area is 179 Å². The molecule has 0 aromatic heterocycles. The van der Waals surface area contributed by atoms with E-state index < -0.39 is 57.5 Å². The number of sulfone groups is 1. The van der Waals surface area contributed by atoms with Crippen LogP contribution in [0.5, 0.6) is 0 Å². The lowest BCUT2D eigenvalue weighted by atomic mass is 9.94. The van der Waals surface area contributed by atoms with E-state index in [1.807, 2.05) is 6.07 Å². The molecule has 1 saturated heterocycles. The van der Waals surface area contributed by atoms with Crippen LogP contribution in [0.25, 0.3) is 0 Å². The molecular formula is C20H23ClO8S. The second kappa shape index (κ2) is 7.89. The van der Waals surface area contributed by atoms with Gasteiger partial charge in [-0.3, -0.25) is 0 Å². The molecule has 30 heavy (non-hydrogen) atoms. The summed E-state index contributed by atoms with van der Waals surface area (Å²) < 4.78 is 38.5. The van der Waals surface area contributed by atoms with Gasteiger partial charge in [0.15, 0.2) is 15.6 Å². The highest BCUT2D eigenvalue weighted by molar-refractivity contribution is 7.92. The van der Waals surface area contributed by atoms with Crippen LogP contribution in [0.4, 0.5) is 0 Å². The lowest BCUT2D eigenvalue weighted by Gasteiger charge is -2.34. The minimum atomic E-state index is -3.92. The molecule has 1 spiro atoms. The Hall–Kier alpha value is -1.49. The largest absolute Gasteiger partial charge is 0.478 e. The molecule has 4 atom stereocenters. The van der Waals surface area contributed by atoms with Gasteiger partial charge < -0.3 is 24.8 Å². The van der Waals surface area contributed by atoms with E-state index in [1.165, 1.54) is 6.08 Å². The summed E-state index contributed by atoms with van der Waals surface area (Å²) >= 11 is 6.29. The Morgan fingerprint density at radius 2 is 1.80 bits per heavy atom. The Balaban J connectivity index is 1.70. The number of ether oxygens (including phenoxy) is 2. The number of carboxylic acids is 1. The molecule has 1 aromatic rings. The number of carboxylic acid groups (broad SMARTS) is 1. The molecule has 4 rings (SSSR count). The minimum Gasteiger partial charge on any atom is -0.478 e. The van der Waals surface area contributed by atoms with Gasteiger partial charge in [-0.05, 0) is 42.5 Å². The number of fused-ring (bicyclic) bond motifs is 1. The van der Waals surface area contributed by atoms with Crippen LogP contribution in [0.2, 0.25) is 5.02 Å². The molecule has 10 heteroatoms. The van der Waals surface area contributed by atoms with Gasteiger partial charge in [0.25, 0.3) is 0 Å². The number of hydrogen-bond donors (Lipinski definition) is 3. The summed E-state index contributed by atoms with van der Waals surface area (Å²) in [5.41, 5.74) is 1.10. The Bertz CT molecular complexity index is 977. The van der Waals surface area contributed by atoms with Crippen LogP contribution in [-0.2, 0) is 30.5 Å². The van der Waals surface area contributed by atoms with Crippen molar-refractivity contribution in [1.82, 2.24) is 0 Å². The average Bonchev–Trinajstić information content (AvgIpc) is 3.30. The van der Waals surface area contributed by atoms with E-state index in [2.05, 4.69) is 0 Å². The van der Waals surface area contributed by atoms with Crippen LogP contribution in [0.3, 0.4) is 0 Å². The number of aliphatic hydroxyl groups excluding tert-OH is 2. The molecular weight excluding hydrogens is 436 g/mol. The first-order valence-electron chi connectivity index (χ1n) is 9.76. The van der Waals surface area contributed by atoms with Crippen molar-refractivity contribution >= 4 is 27.4 Å². The molecule has 0 amide bonds. The van der Waals surface area contributed by atoms with Gasteiger partial charge in [-0.2, -0.15) is 0 Å². The van der Waals surface area contributed by atoms with E-state index >= 15 is 0 Å². The SMILES string of the molecule is O=C(O)C1=CC2(CC[C@H]1S(=O)(=O)[C@H]1CCc3cccc(Cl)c31)O[C@H](CO)[C@@H](CO)O2. The standard InChI is InChI=1S/C20H23ClO8S/c21-13-3-1-2-11-4-5-17(18(11)13)30(26,27)16-6-7-20(8-12(16)19(24)25)28-14(9-22)15(10-23)29-20/h1-3,8,14-17,22-23H,4-7,9-10H2,(H,24,25)/t14-,15-,16-,17+/m1/s1. The summed E-state index contributed by atoms with van der Waals surface area (Å²) in [7, 11) is -3.92. The van der Waals surface area contributed by atoms with Gasteiger partial charge in [0.05, 0.1) is 29.3 Å². The normalized spacial score (nSPS) is 30.3. The van der Waals surface area contributed by atoms with Crippen LogP contribution in [0.1, 0.15) is 35.6 Å². The number of aryl methyl sites for hydroxylation is 1. The lowest BCUT2D eigenvalue weighted by Crippen LogP contribution is -2.41. The molecule has 0 saturated carbocycles. The Morgan fingerprint density at radius 1 is 1.13 bits per heavy atom. The third kappa shape index (κ3) is 3.47. The van der Waals surface area contributed by atoms with E-state index in [0.717, 1.165) is 5.56 Å². The molecule has 164 valence electrons. The summed E-state index contributed by atoms with van der Waals surface area (Å²) in [5.74, 6) is -2.86. The van der Waals surface area contributed by atoms with Crippen molar-refractivity contribution in [2.45, 2.75) is 54.2 Å². The van der Waals surface area contributed by atoms with Gasteiger partial charge >= 0.3 is 5.97 Å². The first-order chi connectivity index (χ1) is 14.2. The highest BCUT2D eigenvalue weighted by atomic mass is 35.5. The van der Waals surface area contributed by atoms with Crippen molar-refractivity contribution in [1.29, 1.82) is 0 Å². The summed E-state index contributed by atoms with van der Waals surface area (Å²) in [6, 6.07) is 5.25. The van der Waals surface area contributed by atoms with Crippen molar-refractivity contribution < 1.29 is 38.0 Å². The molecule has 1 aromatic carbocycles. The van der Waals surface area contributed by atoms with Gasteiger partial charge in [-0.15, -0.1) is 0 Å². The fraction of sp³-hybridized carbons (Fsp3) is 0.550. The van der Waals surface area contributed by atoms with Crippen molar-refractivity contribution in [3.8, 4) is 0 Å². The van der Waals surface area contributed by atoms with E-state index in [0.29, 0.717) is 23.4 Å². The van der Waals surface area contributed by atoms with Gasteiger partial charge in [0.2, 0.25) is 0 Å². The second-order valence-electron chi connectivity index (χ2n) is 7.85. The van der Waals surface area contributed by atoms with Crippen molar-refractivity contribution in [3.63, 3.8) is 0 Å². The summed E-state index contributed by atoms with van der Waals surface area (Å²) in [6.45, 7) is -0.829. The highest BCUT2D eigenvalue weighted by Crippen LogP contribution is 2.47.